The molecule has 126 valence electrons. The standard InChI is InChI=1S/C22H14S4/c1-2-5-15(6-3-1)18-10-11-19(25-18)21-14-22-20(26-21)13-17(24-22)9-8-16-7-4-12-23-16/h1-14H/b9-8+. The van der Waals surface area contributed by atoms with Gasteiger partial charge in [0.15, 0.2) is 0 Å². The van der Waals surface area contributed by atoms with E-state index in [1.807, 2.05) is 34.0 Å². The summed E-state index contributed by atoms with van der Waals surface area (Å²) in [6.45, 7) is 0. The molecule has 4 heterocycles. The first-order valence-electron chi connectivity index (χ1n) is 8.26. The number of fused-ring (bicyclic) bond motifs is 1. The van der Waals surface area contributed by atoms with E-state index in [1.165, 1.54) is 39.3 Å². The van der Waals surface area contributed by atoms with Crippen LogP contribution in [0, 0.1) is 0 Å². The van der Waals surface area contributed by atoms with Crippen LogP contribution in [0.2, 0.25) is 0 Å². The lowest BCUT2D eigenvalue weighted by atomic mass is 10.2. The maximum Gasteiger partial charge on any atom is 0.0463 e. The molecule has 1 aromatic carbocycles. The average molecular weight is 407 g/mol. The lowest BCUT2D eigenvalue weighted by Crippen LogP contribution is -1.67. The van der Waals surface area contributed by atoms with Crippen LogP contribution in [-0.2, 0) is 0 Å². The first-order valence-corrected chi connectivity index (χ1v) is 11.6. The second-order valence-electron chi connectivity index (χ2n) is 5.87. The smallest absolute Gasteiger partial charge is 0.0463 e. The first kappa shape index (κ1) is 16.2. The molecule has 0 amide bonds. The van der Waals surface area contributed by atoms with Gasteiger partial charge in [-0.2, -0.15) is 0 Å². The number of hydrogen-bond donors (Lipinski definition) is 0. The highest BCUT2D eigenvalue weighted by atomic mass is 32.1. The van der Waals surface area contributed by atoms with Gasteiger partial charge in [-0.25, -0.2) is 0 Å². The zero-order valence-electron chi connectivity index (χ0n) is 13.7. The quantitative estimate of drug-likeness (QED) is 0.280. The minimum Gasteiger partial charge on any atom is -0.144 e. The molecule has 26 heavy (non-hydrogen) atoms. The van der Waals surface area contributed by atoms with Crippen LogP contribution in [0.5, 0.6) is 0 Å². The van der Waals surface area contributed by atoms with Crippen molar-refractivity contribution in [3.63, 3.8) is 0 Å². The van der Waals surface area contributed by atoms with Crippen LogP contribution in [0.4, 0.5) is 0 Å². The van der Waals surface area contributed by atoms with Gasteiger partial charge in [0.05, 0.1) is 0 Å². The Morgan fingerprint density at radius 2 is 1.38 bits per heavy atom. The predicted octanol–water partition coefficient (Wildman–Crippen LogP) is 8.59. The molecule has 0 atom stereocenters. The van der Waals surface area contributed by atoms with Crippen LogP contribution < -0.4 is 0 Å². The average Bonchev–Trinajstić information content (AvgIpc) is 3.43. The van der Waals surface area contributed by atoms with Crippen molar-refractivity contribution >= 4 is 66.9 Å². The van der Waals surface area contributed by atoms with Crippen LogP contribution in [0.1, 0.15) is 9.75 Å². The van der Waals surface area contributed by atoms with Gasteiger partial charge in [0, 0.05) is 33.8 Å². The summed E-state index contributed by atoms with van der Waals surface area (Å²) < 4.78 is 2.76. The van der Waals surface area contributed by atoms with Gasteiger partial charge in [-0.15, -0.1) is 45.3 Å². The van der Waals surface area contributed by atoms with E-state index in [2.05, 4.69) is 84.3 Å². The molecule has 0 aliphatic rings. The Balaban J connectivity index is 1.42. The molecule has 5 rings (SSSR count). The zero-order valence-corrected chi connectivity index (χ0v) is 17.0. The monoisotopic (exact) mass is 406 g/mol. The fraction of sp³-hybridized carbons (Fsp3) is 0. The highest BCUT2D eigenvalue weighted by Gasteiger charge is 2.10. The molecule has 0 N–H and O–H groups in total. The largest absolute Gasteiger partial charge is 0.144 e. The molecule has 0 aliphatic heterocycles. The van der Waals surface area contributed by atoms with Crippen molar-refractivity contribution in [1.29, 1.82) is 0 Å². The molecule has 0 aliphatic carbocycles. The van der Waals surface area contributed by atoms with Crippen molar-refractivity contribution in [3.8, 4) is 20.2 Å². The Kier molecular flexibility index (Phi) is 4.35. The number of rotatable bonds is 4. The molecular weight excluding hydrogens is 393 g/mol. The lowest BCUT2D eigenvalue weighted by molar-refractivity contribution is 1.70. The summed E-state index contributed by atoms with van der Waals surface area (Å²) >= 11 is 7.41. The number of thiophene rings is 4. The number of benzene rings is 1. The topological polar surface area (TPSA) is 0 Å². The van der Waals surface area contributed by atoms with Gasteiger partial charge in [-0.3, -0.25) is 0 Å². The SMILES string of the molecule is C(=C\c1cc2sc(-c3ccc(-c4ccccc4)s3)cc2s1)/c1cccs1. The minimum atomic E-state index is 1.29. The molecule has 4 aromatic heterocycles. The summed E-state index contributed by atoms with van der Waals surface area (Å²) in [5.41, 5.74) is 1.29. The summed E-state index contributed by atoms with van der Waals surface area (Å²) in [5, 5.41) is 2.11. The Morgan fingerprint density at radius 1 is 0.577 bits per heavy atom. The summed E-state index contributed by atoms with van der Waals surface area (Å²) in [6, 6.07) is 24.0. The molecule has 0 bridgehead atoms. The third-order valence-corrected chi connectivity index (χ3v) is 8.51. The molecule has 0 radical (unpaired) electrons. The highest BCUT2D eigenvalue weighted by molar-refractivity contribution is 7.31. The highest BCUT2D eigenvalue weighted by Crippen LogP contribution is 2.42. The van der Waals surface area contributed by atoms with Crippen molar-refractivity contribution in [2.75, 3.05) is 0 Å². The fourth-order valence-electron chi connectivity index (χ4n) is 2.84. The van der Waals surface area contributed by atoms with Crippen molar-refractivity contribution in [2.45, 2.75) is 0 Å². The van der Waals surface area contributed by atoms with E-state index < -0.39 is 0 Å². The lowest BCUT2D eigenvalue weighted by Gasteiger charge is -1.95. The second-order valence-corrected chi connectivity index (χ2v) is 10.1. The first-order chi connectivity index (χ1) is 12.8. The normalized spacial score (nSPS) is 11.7. The Labute approximate surface area is 168 Å². The Bertz CT molecular complexity index is 1140. The zero-order chi connectivity index (χ0) is 17.3. The van der Waals surface area contributed by atoms with E-state index in [1.54, 1.807) is 11.3 Å². The van der Waals surface area contributed by atoms with Crippen molar-refractivity contribution in [2.24, 2.45) is 0 Å². The summed E-state index contributed by atoms with van der Waals surface area (Å²) in [7, 11) is 0. The molecule has 0 nitrogen and oxygen atoms in total. The van der Waals surface area contributed by atoms with Crippen LogP contribution in [0.15, 0.2) is 72.1 Å². The van der Waals surface area contributed by atoms with E-state index >= 15 is 0 Å². The summed E-state index contributed by atoms with van der Waals surface area (Å²) in [5.74, 6) is 0. The molecule has 0 unspecified atom stereocenters. The Hall–Kier alpha value is -1.98. The van der Waals surface area contributed by atoms with Gasteiger partial charge in [0.2, 0.25) is 0 Å². The van der Waals surface area contributed by atoms with Gasteiger partial charge < -0.3 is 0 Å². The third-order valence-electron chi connectivity index (χ3n) is 4.09. The number of hydrogen-bond acceptors (Lipinski definition) is 4. The molecule has 4 heteroatoms. The van der Waals surface area contributed by atoms with Crippen molar-refractivity contribution in [1.82, 2.24) is 0 Å². The molecule has 0 fully saturated rings. The third kappa shape index (κ3) is 3.21. The Morgan fingerprint density at radius 3 is 2.19 bits per heavy atom. The van der Waals surface area contributed by atoms with Crippen LogP contribution in [-0.4, -0.2) is 0 Å². The van der Waals surface area contributed by atoms with E-state index in [-0.39, 0.29) is 0 Å². The van der Waals surface area contributed by atoms with Crippen LogP contribution in [0.3, 0.4) is 0 Å². The molecular formula is C22H14S4. The van der Waals surface area contributed by atoms with Crippen molar-refractivity contribution < 1.29 is 0 Å². The molecule has 0 spiro atoms. The van der Waals surface area contributed by atoms with E-state index in [0.717, 1.165) is 0 Å². The molecule has 0 saturated carbocycles. The molecule has 5 aromatic rings. The van der Waals surface area contributed by atoms with Crippen molar-refractivity contribution in [3.05, 3.63) is 81.9 Å². The fourth-order valence-corrected chi connectivity index (χ4v) is 6.86. The summed E-state index contributed by atoms with van der Waals surface area (Å²) in [4.78, 5) is 6.67. The molecule has 0 saturated heterocycles. The second kappa shape index (κ2) is 6.97. The summed E-state index contributed by atoms with van der Waals surface area (Å²) in [6.07, 6.45) is 4.42. The van der Waals surface area contributed by atoms with Gasteiger partial charge in [0.25, 0.3) is 0 Å². The van der Waals surface area contributed by atoms with E-state index in [0.29, 0.717) is 0 Å². The van der Waals surface area contributed by atoms with Crippen LogP contribution >= 0.6 is 45.3 Å². The maximum absolute atomic E-state index is 2.34. The minimum absolute atomic E-state index is 1.29. The van der Waals surface area contributed by atoms with Gasteiger partial charge >= 0.3 is 0 Å². The van der Waals surface area contributed by atoms with Gasteiger partial charge in [-0.1, -0.05) is 36.4 Å². The van der Waals surface area contributed by atoms with E-state index in [9.17, 15) is 0 Å². The van der Waals surface area contributed by atoms with Gasteiger partial charge in [0.1, 0.15) is 0 Å². The van der Waals surface area contributed by atoms with Crippen LogP contribution in [0.25, 0.3) is 41.7 Å². The van der Waals surface area contributed by atoms with Gasteiger partial charge in [-0.05, 0) is 53.4 Å². The predicted molar refractivity (Wildman–Crippen MR) is 122 cm³/mol. The van der Waals surface area contributed by atoms with E-state index in [4.69, 9.17) is 0 Å². The maximum atomic E-state index is 2.34.